The molecule has 26 heavy (non-hydrogen) atoms. The summed E-state index contributed by atoms with van der Waals surface area (Å²) in [6, 6.07) is 8.74. The molecule has 0 spiro atoms. The van der Waals surface area contributed by atoms with E-state index in [2.05, 4.69) is 6.07 Å². The van der Waals surface area contributed by atoms with Crippen molar-refractivity contribution in [2.24, 2.45) is 5.92 Å². The summed E-state index contributed by atoms with van der Waals surface area (Å²) in [6.45, 7) is 7.65. The normalized spacial score (nSPS) is 16.0. The molecule has 1 aliphatic rings. The van der Waals surface area contributed by atoms with Crippen molar-refractivity contribution in [3.8, 4) is 0 Å². The zero-order chi connectivity index (χ0) is 18.8. The average Bonchev–Trinajstić information content (AvgIpc) is 2.67. The number of rotatable bonds is 11. The van der Waals surface area contributed by atoms with Crippen molar-refractivity contribution in [1.29, 1.82) is 0 Å². The molecule has 0 radical (unpaired) electrons. The lowest BCUT2D eigenvalue weighted by molar-refractivity contribution is 0.0712. The van der Waals surface area contributed by atoms with Gasteiger partial charge < -0.3 is 13.3 Å². The number of carbonyl (C=O) groups excluding carboxylic acids is 1. The average molecular weight is 379 g/mol. The number of hydrogen-bond acceptors (Lipinski definition) is 4. The molecule has 0 aromatic heterocycles. The van der Waals surface area contributed by atoms with E-state index in [0.29, 0.717) is 31.6 Å². The lowest BCUT2D eigenvalue weighted by Crippen LogP contribution is -2.46. The molecule has 0 atom stereocenters. The molecule has 2 rings (SSSR count). The van der Waals surface area contributed by atoms with Crippen LogP contribution in [-0.4, -0.2) is 34.4 Å². The van der Waals surface area contributed by atoms with Gasteiger partial charge in [-0.3, -0.25) is 4.79 Å². The topological polar surface area (TPSA) is 44.8 Å². The Labute approximate surface area is 159 Å². The Kier molecular flexibility index (Phi) is 8.98. The summed E-state index contributed by atoms with van der Waals surface area (Å²) in [5, 5.41) is 0. The maximum Gasteiger partial charge on any atom is 0.501 e. The second-order valence-electron chi connectivity index (χ2n) is 6.84. The monoisotopic (exact) mass is 378 g/mol. The number of carbonyl (C=O) groups is 1. The summed E-state index contributed by atoms with van der Waals surface area (Å²) in [6.07, 6.45) is 6.42. The summed E-state index contributed by atoms with van der Waals surface area (Å²) in [5.41, 5.74) is 1.98. The highest BCUT2D eigenvalue weighted by atomic mass is 28.4. The maximum absolute atomic E-state index is 13.0. The van der Waals surface area contributed by atoms with Crippen LogP contribution in [0.2, 0.25) is 6.04 Å². The summed E-state index contributed by atoms with van der Waals surface area (Å²) in [5.74, 6) is 0.509. The predicted octanol–water partition coefficient (Wildman–Crippen LogP) is 5.04. The van der Waals surface area contributed by atoms with Crippen molar-refractivity contribution in [1.82, 2.24) is 0 Å². The van der Waals surface area contributed by atoms with E-state index in [0.717, 1.165) is 30.4 Å². The van der Waals surface area contributed by atoms with E-state index >= 15 is 0 Å². The number of hydrogen-bond donors (Lipinski definition) is 0. The Morgan fingerprint density at radius 1 is 0.962 bits per heavy atom. The van der Waals surface area contributed by atoms with E-state index in [1.54, 1.807) is 0 Å². The Morgan fingerprint density at radius 2 is 1.54 bits per heavy atom. The molecule has 5 heteroatoms. The van der Waals surface area contributed by atoms with Crippen LogP contribution in [0.15, 0.2) is 24.3 Å². The van der Waals surface area contributed by atoms with E-state index in [4.69, 9.17) is 13.3 Å². The summed E-state index contributed by atoms with van der Waals surface area (Å²) in [4.78, 5) is 13.0. The van der Waals surface area contributed by atoms with Crippen molar-refractivity contribution < 1.29 is 18.1 Å². The van der Waals surface area contributed by atoms with Crippen LogP contribution in [0.5, 0.6) is 0 Å². The van der Waals surface area contributed by atoms with E-state index < -0.39 is 8.80 Å². The maximum atomic E-state index is 13.0. The summed E-state index contributed by atoms with van der Waals surface area (Å²) < 4.78 is 17.9. The molecule has 0 N–H and O–H groups in total. The van der Waals surface area contributed by atoms with Crippen LogP contribution in [0.1, 0.15) is 68.8 Å². The third-order valence-corrected chi connectivity index (χ3v) is 8.10. The molecule has 1 fully saturated rings. The van der Waals surface area contributed by atoms with Gasteiger partial charge >= 0.3 is 8.80 Å². The van der Waals surface area contributed by atoms with Crippen LogP contribution in [0, 0.1) is 5.92 Å². The minimum atomic E-state index is -2.69. The highest BCUT2D eigenvalue weighted by molar-refractivity contribution is 6.60. The van der Waals surface area contributed by atoms with Gasteiger partial charge in [-0.2, -0.15) is 0 Å². The molecule has 0 bridgehead atoms. The first-order valence-electron chi connectivity index (χ1n) is 10.2. The molecule has 1 aliphatic carbocycles. The van der Waals surface area contributed by atoms with Crippen molar-refractivity contribution in [3.63, 3.8) is 0 Å². The van der Waals surface area contributed by atoms with Crippen LogP contribution in [-0.2, 0) is 19.7 Å². The van der Waals surface area contributed by atoms with Crippen LogP contribution in [0.25, 0.3) is 0 Å². The number of benzene rings is 1. The third kappa shape index (κ3) is 5.74. The molecule has 0 unspecified atom stereocenters. The van der Waals surface area contributed by atoms with E-state index in [9.17, 15) is 4.79 Å². The molecule has 0 saturated heterocycles. The number of ketones is 1. The number of Topliss-reactive ketones (excluding diaryl/α,β-unsaturated/α-hetero) is 1. The van der Waals surface area contributed by atoms with Crippen LogP contribution in [0.4, 0.5) is 0 Å². The van der Waals surface area contributed by atoms with Gasteiger partial charge in [-0.05, 0) is 45.6 Å². The van der Waals surface area contributed by atoms with Gasteiger partial charge in [0.05, 0.1) is 0 Å². The lowest BCUT2D eigenvalue weighted by Gasteiger charge is -2.29. The smallest absolute Gasteiger partial charge is 0.374 e. The fourth-order valence-corrected chi connectivity index (χ4v) is 6.43. The van der Waals surface area contributed by atoms with Gasteiger partial charge in [-0.15, -0.1) is 0 Å². The first-order chi connectivity index (χ1) is 12.7. The van der Waals surface area contributed by atoms with Crippen molar-refractivity contribution >= 4 is 14.6 Å². The first-order valence-corrected chi connectivity index (χ1v) is 12.1. The van der Waals surface area contributed by atoms with Crippen molar-refractivity contribution in [2.45, 2.75) is 65.3 Å². The second-order valence-corrected chi connectivity index (χ2v) is 9.57. The largest absolute Gasteiger partial charge is 0.501 e. The summed E-state index contributed by atoms with van der Waals surface area (Å²) in [7, 11) is -2.69. The zero-order valence-corrected chi connectivity index (χ0v) is 17.6. The minimum absolute atomic E-state index is 0.192. The van der Waals surface area contributed by atoms with Crippen molar-refractivity contribution in [2.75, 3.05) is 19.8 Å². The molecule has 1 saturated carbocycles. The Morgan fingerprint density at radius 3 is 2.12 bits per heavy atom. The van der Waals surface area contributed by atoms with Gasteiger partial charge in [0.25, 0.3) is 0 Å². The van der Waals surface area contributed by atoms with Crippen LogP contribution >= 0.6 is 0 Å². The molecular weight excluding hydrogens is 344 g/mol. The Hall–Kier alpha value is -1.01. The Balaban J connectivity index is 2.14. The molecule has 146 valence electrons. The Bertz CT molecular complexity index is 538. The highest BCUT2D eigenvalue weighted by Gasteiger charge is 2.40. The fraction of sp³-hybridized carbons (Fsp3) is 0.667. The lowest BCUT2D eigenvalue weighted by atomic mass is 9.82. The van der Waals surface area contributed by atoms with E-state index in [-0.39, 0.29) is 5.92 Å². The molecule has 0 heterocycles. The minimum Gasteiger partial charge on any atom is -0.374 e. The molecule has 1 aromatic rings. The van der Waals surface area contributed by atoms with Gasteiger partial charge in [0.2, 0.25) is 0 Å². The fourth-order valence-electron chi connectivity index (χ4n) is 3.85. The first kappa shape index (κ1) is 21.3. The third-order valence-electron chi connectivity index (χ3n) is 5.05. The van der Waals surface area contributed by atoms with E-state index in [1.807, 2.05) is 39.0 Å². The molecular formula is C21H34O4Si. The highest BCUT2D eigenvalue weighted by Crippen LogP contribution is 2.29. The second kappa shape index (κ2) is 11.0. The quantitative estimate of drug-likeness (QED) is 0.400. The van der Waals surface area contributed by atoms with E-state index in [1.165, 1.54) is 19.3 Å². The van der Waals surface area contributed by atoms with Crippen LogP contribution in [0.3, 0.4) is 0 Å². The molecule has 1 aromatic carbocycles. The summed E-state index contributed by atoms with van der Waals surface area (Å²) >= 11 is 0. The van der Waals surface area contributed by atoms with Gasteiger partial charge in [0.1, 0.15) is 0 Å². The zero-order valence-electron chi connectivity index (χ0n) is 16.6. The predicted molar refractivity (Wildman–Crippen MR) is 106 cm³/mol. The van der Waals surface area contributed by atoms with Gasteiger partial charge in [0, 0.05) is 37.3 Å². The molecule has 0 amide bonds. The van der Waals surface area contributed by atoms with Gasteiger partial charge in [-0.25, -0.2) is 0 Å². The number of aryl methyl sites for hydroxylation is 1. The van der Waals surface area contributed by atoms with Gasteiger partial charge in [-0.1, -0.05) is 43.5 Å². The SMILES string of the molecule is CCO[Si](CCc1ccccc1C(=O)C1CCCCC1)(OCC)OCC. The van der Waals surface area contributed by atoms with Gasteiger partial charge in [0.15, 0.2) is 5.78 Å². The molecule has 0 aliphatic heterocycles. The van der Waals surface area contributed by atoms with Crippen LogP contribution < -0.4 is 0 Å². The van der Waals surface area contributed by atoms with Crippen molar-refractivity contribution in [3.05, 3.63) is 35.4 Å². The standard InChI is InChI=1S/C21H34O4Si/c1-4-23-26(24-5-2,25-6-3)17-16-18-12-10-11-15-20(18)21(22)19-13-8-7-9-14-19/h10-12,15,19H,4-9,13-14,16-17H2,1-3H3. The molecule has 4 nitrogen and oxygen atoms in total.